The zero-order valence-electron chi connectivity index (χ0n) is 9.77. The van der Waals surface area contributed by atoms with Gasteiger partial charge in [0.1, 0.15) is 0 Å². The lowest BCUT2D eigenvalue weighted by Gasteiger charge is -2.16. The summed E-state index contributed by atoms with van der Waals surface area (Å²) in [5.74, 6) is -0.211. The van der Waals surface area contributed by atoms with Crippen LogP contribution < -0.4 is 5.32 Å². The molecule has 3 nitrogen and oxygen atoms in total. The molecule has 0 aliphatic rings. The minimum atomic E-state index is -0.403. The van der Waals surface area contributed by atoms with E-state index in [1.807, 2.05) is 30.3 Å². The maximum absolute atomic E-state index is 12.2. The topological polar surface area (TPSA) is 49.3 Å². The molecule has 0 bridgehead atoms. The predicted octanol–water partition coefficient (Wildman–Crippen LogP) is 3.74. The van der Waals surface area contributed by atoms with Crippen LogP contribution in [0.5, 0.6) is 0 Å². The summed E-state index contributed by atoms with van der Waals surface area (Å²) in [6.07, 6.45) is 0. The fraction of sp³-hybridized carbons (Fsp3) is 0.154. The first-order chi connectivity index (χ1) is 9.11. The number of hydrogen-bond acceptors (Lipinski definition) is 3. The molecule has 6 heteroatoms. The molecule has 0 unspecified atom stereocenters. The Balaban J connectivity index is 2.15. The molecule has 1 aromatic heterocycles. The molecular weight excluding hydrogens is 394 g/mol. The first kappa shape index (κ1) is 14.7. The molecule has 19 heavy (non-hydrogen) atoms. The van der Waals surface area contributed by atoms with Gasteiger partial charge in [0.25, 0.3) is 5.91 Å². The molecule has 1 amide bonds. The van der Waals surface area contributed by atoms with Crippen LogP contribution in [-0.4, -0.2) is 17.6 Å². The zero-order valence-corrected chi connectivity index (χ0v) is 13.8. The monoisotopic (exact) mass is 403 g/mol. The van der Waals surface area contributed by atoms with Crippen molar-refractivity contribution in [2.24, 2.45) is 0 Å². The summed E-state index contributed by atoms with van der Waals surface area (Å²) in [5.41, 5.74) is 1.44. The Morgan fingerprint density at radius 2 is 2.00 bits per heavy atom. The Kier molecular flexibility index (Phi) is 5.15. The molecule has 2 N–H and O–H groups in total. The summed E-state index contributed by atoms with van der Waals surface area (Å²) in [7, 11) is 0. The highest BCUT2D eigenvalue weighted by molar-refractivity contribution is 9.12. The summed E-state index contributed by atoms with van der Waals surface area (Å²) in [4.78, 5) is 12.2. The molecule has 2 aromatic rings. The Morgan fingerprint density at radius 1 is 1.32 bits per heavy atom. The highest BCUT2D eigenvalue weighted by atomic mass is 79.9. The number of rotatable bonds is 4. The van der Waals surface area contributed by atoms with E-state index >= 15 is 0 Å². The molecule has 0 aliphatic carbocycles. The average Bonchev–Trinajstić information content (AvgIpc) is 2.76. The maximum Gasteiger partial charge on any atom is 0.253 e. The SMILES string of the molecule is O=C(N[C@@H](CO)c1ccccc1)c1cc(Br)sc1Br. The van der Waals surface area contributed by atoms with E-state index in [1.165, 1.54) is 11.3 Å². The highest BCUT2D eigenvalue weighted by Crippen LogP contribution is 2.32. The maximum atomic E-state index is 12.2. The third-order valence-corrected chi connectivity index (χ3v) is 4.93. The van der Waals surface area contributed by atoms with Crippen molar-refractivity contribution >= 4 is 49.1 Å². The molecule has 0 aliphatic heterocycles. The van der Waals surface area contributed by atoms with Gasteiger partial charge < -0.3 is 10.4 Å². The van der Waals surface area contributed by atoms with Gasteiger partial charge in [-0.15, -0.1) is 11.3 Å². The second-order valence-corrected chi connectivity index (χ2v) is 7.61. The van der Waals surface area contributed by atoms with E-state index in [1.54, 1.807) is 6.07 Å². The molecule has 0 saturated carbocycles. The van der Waals surface area contributed by atoms with Crippen LogP contribution in [0.25, 0.3) is 0 Å². The van der Waals surface area contributed by atoms with Gasteiger partial charge in [-0.25, -0.2) is 0 Å². The molecule has 100 valence electrons. The number of halogens is 2. The third kappa shape index (κ3) is 3.66. The van der Waals surface area contributed by atoms with Gasteiger partial charge in [-0.1, -0.05) is 30.3 Å². The first-order valence-corrected chi connectivity index (χ1v) is 7.93. The molecular formula is C13H11Br2NO2S. The van der Waals surface area contributed by atoms with Crippen molar-refractivity contribution in [3.63, 3.8) is 0 Å². The van der Waals surface area contributed by atoms with Crippen molar-refractivity contribution < 1.29 is 9.90 Å². The lowest BCUT2D eigenvalue weighted by Crippen LogP contribution is -2.30. The minimum absolute atomic E-state index is 0.140. The molecule has 0 spiro atoms. The number of aliphatic hydroxyl groups is 1. The van der Waals surface area contributed by atoms with Crippen LogP contribution in [0.3, 0.4) is 0 Å². The largest absolute Gasteiger partial charge is 0.394 e. The number of aliphatic hydroxyl groups excluding tert-OH is 1. The standard InChI is InChI=1S/C13H11Br2NO2S/c14-11-6-9(12(15)19-11)13(18)16-10(7-17)8-4-2-1-3-5-8/h1-6,10,17H,7H2,(H,16,18)/t10-/m0/s1. The van der Waals surface area contributed by atoms with Crippen LogP contribution in [0.15, 0.2) is 44.0 Å². The summed E-state index contributed by atoms with van der Waals surface area (Å²) >= 11 is 8.13. The fourth-order valence-corrected chi connectivity index (χ4v) is 4.44. The number of hydrogen-bond donors (Lipinski definition) is 2. The van der Waals surface area contributed by atoms with Gasteiger partial charge in [0.15, 0.2) is 0 Å². The van der Waals surface area contributed by atoms with E-state index in [0.29, 0.717) is 5.56 Å². The number of benzene rings is 1. The quantitative estimate of drug-likeness (QED) is 0.815. The molecule has 0 fully saturated rings. The molecule has 0 radical (unpaired) electrons. The van der Waals surface area contributed by atoms with Gasteiger partial charge >= 0.3 is 0 Å². The van der Waals surface area contributed by atoms with Crippen LogP contribution in [0.4, 0.5) is 0 Å². The third-order valence-electron chi connectivity index (χ3n) is 2.59. The van der Waals surface area contributed by atoms with Crippen LogP contribution in [0, 0.1) is 0 Å². The lowest BCUT2D eigenvalue weighted by atomic mass is 10.1. The van der Waals surface area contributed by atoms with Gasteiger partial charge in [0.2, 0.25) is 0 Å². The predicted molar refractivity (Wildman–Crippen MR) is 83.5 cm³/mol. The van der Waals surface area contributed by atoms with E-state index in [2.05, 4.69) is 37.2 Å². The molecule has 2 rings (SSSR count). The second kappa shape index (κ2) is 6.65. The van der Waals surface area contributed by atoms with Crippen molar-refractivity contribution in [1.29, 1.82) is 0 Å². The second-order valence-electron chi connectivity index (χ2n) is 3.86. The Morgan fingerprint density at radius 3 is 2.53 bits per heavy atom. The van der Waals surface area contributed by atoms with Crippen molar-refractivity contribution in [1.82, 2.24) is 5.32 Å². The van der Waals surface area contributed by atoms with E-state index in [-0.39, 0.29) is 12.5 Å². The molecule has 1 heterocycles. The number of amides is 1. The summed E-state index contributed by atoms with van der Waals surface area (Å²) < 4.78 is 1.64. The Labute approximate surface area is 131 Å². The average molecular weight is 405 g/mol. The normalized spacial score (nSPS) is 12.2. The smallest absolute Gasteiger partial charge is 0.253 e. The summed E-state index contributed by atoms with van der Waals surface area (Å²) in [6.45, 7) is -0.140. The minimum Gasteiger partial charge on any atom is -0.394 e. The van der Waals surface area contributed by atoms with Gasteiger partial charge in [-0.2, -0.15) is 0 Å². The number of nitrogens with one attached hydrogen (secondary N) is 1. The van der Waals surface area contributed by atoms with E-state index in [0.717, 1.165) is 13.1 Å². The van der Waals surface area contributed by atoms with Crippen molar-refractivity contribution in [3.8, 4) is 0 Å². The van der Waals surface area contributed by atoms with Gasteiger partial charge in [0, 0.05) is 0 Å². The van der Waals surface area contributed by atoms with E-state index in [4.69, 9.17) is 0 Å². The van der Waals surface area contributed by atoms with Crippen LogP contribution in [-0.2, 0) is 0 Å². The number of carbonyl (C=O) groups is 1. The molecule has 1 atom stereocenters. The van der Waals surface area contributed by atoms with Gasteiger partial charge in [-0.05, 0) is 43.5 Å². The van der Waals surface area contributed by atoms with Gasteiger partial charge in [0.05, 0.1) is 25.8 Å². The van der Waals surface area contributed by atoms with Crippen LogP contribution in [0.2, 0.25) is 0 Å². The Hall–Kier alpha value is -0.690. The highest BCUT2D eigenvalue weighted by Gasteiger charge is 2.18. The molecule has 1 aromatic carbocycles. The summed E-state index contributed by atoms with van der Waals surface area (Å²) in [6, 6.07) is 10.7. The number of thiophene rings is 1. The fourth-order valence-electron chi connectivity index (χ4n) is 1.65. The number of carbonyl (C=O) groups excluding carboxylic acids is 1. The lowest BCUT2D eigenvalue weighted by molar-refractivity contribution is 0.0916. The van der Waals surface area contributed by atoms with Crippen LogP contribution >= 0.6 is 43.2 Å². The first-order valence-electron chi connectivity index (χ1n) is 5.53. The van der Waals surface area contributed by atoms with E-state index < -0.39 is 6.04 Å². The van der Waals surface area contributed by atoms with Gasteiger partial charge in [-0.3, -0.25) is 4.79 Å². The van der Waals surface area contributed by atoms with Crippen LogP contribution in [0.1, 0.15) is 22.0 Å². The molecule has 0 saturated heterocycles. The summed E-state index contributed by atoms with van der Waals surface area (Å²) in [5, 5.41) is 12.2. The van der Waals surface area contributed by atoms with E-state index in [9.17, 15) is 9.90 Å². The van der Waals surface area contributed by atoms with Crippen molar-refractivity contribution in [3.05, 3.63) is 55.1 Å². The Bertz CT molecular complexity index is 571. The van der Waals surface area contributed by atoms with Crippen molar-refractivity contribution in [2.75, 3.05) is 6.61 Å². The zero-order chi connectivity index (χ0) is 13.8. The van der Waals surface area contributed by atoms with Crippen molar-refractivity contribution in [2.45, 2.75) is 6.04 Å².